The van der Waals surface area contributed by atoms with Gasteiger partial charge in [-0.05, 0) is 48.9 Å². The van der Waals surface area contributed by atoms with Crippen LogP contribution in [0, 0.1) is 11.3 Å². The van der Waals surface area contributed by atoms with Crippen LogP contribution in [-0.4, -0.2) is 26.4 Å². The van der Waals surface area contributed by atoms with Crippen LogP contribution in [0.2, 0.25) is 10.0 Å². The van der Waals surface area contributed by atoms with E-state index < -0.39 is 0 Å². The molecule has 1 amide bonds. The third kappa shape index (κ3) is 6.43. The van der Waals surface area contributed by atoms with Gasteiger partial charge in [0.2, 0.25) is 5.91 Å². The average molecular weight is 565 g/mol. The van der Waals surface area contributed by atoms with E-state index in [2.05, 4.69) is 28.2 Å². The standard InChI is InChI=1S/C24H23Cl2N5OS3/c1-2-9-31-21(13-33-12-15-7-8-16(25)10-19(15)26)29-30-24(31)34-14-22(32)28-23-18(11-27)17-5-3-4-6-20(17)35-23/h2,7-8,10H,1,3-6,9,12-14H2,(H,28,32). The highest BCUT2D eigenvalue weighted by molar-refractivity contribution is 7.99. The van der Waals surface area contributed by atoms with E-state index in [-0.39, 0.29) is 11.7 Å². The molecule has 0 saturated carbocycles. The average Bonchev–Trinajstić information content (AvgIpc) is 3.39. The van der Waals surface area contributed by atoms with E-state index in [4.69, 9.17) is 23.2 Å². The van der Waals surface area contributed by atoms with Crippen LogP contribution in [-0.2, 0) is 35.7 Å². The number of thioether (sulfide) groups is 2. The zero-order valence-electron chi connectivity index (χ0n) is 18.9. The number of hydrogen-bond donors (Lipinski definition) is 1. The number of thiophene rings is 1. The van der Waals surface area contributed by atoms with Gasteiger partial charge < -0.3 is 9.88 Å². The van der Waals surface area contributed by atoms with Crippen LogP contribution in [0.3, 0.4) is 0 Å². The van der Waals surface area contributed by atoms with Crippen LogP contribution < -0.4 is 5.32 Å². The van der Waals surface area contributed by atoms with Crippen molar-refractivity contribution in [2.45, 2.75) is 48.9 Å². The van der Waals surface area contributed by atoms with Gasteiger partial charge >= 0.3 is 0 Å². The van der Waals surface area contributed by atoms with Crippen LogP contribution in [0.1, 0.15) is 40.2 Å². The second-order valence-corrected chi connectivity index (χ2v) is 11.8. The van der Waals surface area contributed by atoms with E-state index in [0.29, 0.717) is 43.8 Å². The molecule has 0 bridgehead atoms. The maximum absolute atomic E-state index is 12.7. The minimum Gasteiger partial charge on any atom is -0.316 e. The fourth-order valence-corrected chi connectivity index (χ4v) is 7.35. The minimum absolute atomic E-state index is 0.161. The molecule has 3 aromatic rings. The van der Waals surface area contributed by atoms with Crippen molar-refractivity contribution in [2.75, 3.05) is 11.1 Å². The van der Waals surface area contributed by atoms with Gasteiger partial charge in [-0.15, -0.1) is 39.9 Å². The van der Waals surface area contributed by atoms with Crippen LogP contribution in [0.25, 0.3) is 0 Å². The molecule has 4 rings (SSSR count). The highest BCUT2D eigenvalue weighted by Crippen LogP contribution is 2.37. The fourth-order valence-electron chi connectivity index (χ4n) is 3.80. The summed E-state index contributed by atoms with van der Waals surface area (Å²) in [5.41, 5.74) is 2.74. The lowest BCUT2D eigenvalue weighted by Crippen LogP contribution is -2.15. The van der Waals surface area contributed by atoms with Gasteiger partial charge in [0.1, 0.15) is 16.9 Å². The summed E-state index contributed by atoms with van der Waals surface area (Å²) < 4.78 is 1.96. The van der Waals surface area contributed by atoms with Crippen LogP contribution in [0.15, 0.2) is 36.0 Å². The Hall–Kier alpha value is -1.96. The zero-order valence-corrected chi connectivity index (χ0v) is 22.8. The number of rotatable bonds is 10. The summed E-state index contributed by atoms with van der Waals surface area (Å²) in [4.78, 5) is 13.9. The first-order valence-electron chi connectivity index (χ1n) is 11.0. The minimum atomic E-state index is -0.161. The summed E-state index contributed by atoms with van der Waals surface area (Å²) in [6, 6.07) is 7.78. The Morgan fingerprint density at radius 3 is 2.89 bits per heavy atom. The summed E-state index contributed by atoms with van der Waals surface area (Å²) >= 11 is 16.8. The second-order valence-electron chi connectivity index (χ2n) is 7.89. The topological polar surface area (TPSA) is 83.6 Å². The van der Waals surface area contributed by atoms with Crippen molar-refractivity contribution in [1.29, 1.82) is 5.26 Å². The van der Waals surface area contributed by atoms with Gasteiger partial charge in [0, 0.05) is 27.2 Å². The van der Waals surface area contributed by atoms with Crippen molar-refractivity contribution in [3.05, 3.63) is 68.3 Å². The van der Waals surface area contributed by atoms with Gasteiger partial charge in [-0.25, -0.2) is 0 Å². The highest BCUT2D eigenvalue weighted by atomic mass is 35.5. The predicted octanol–water partition coefficient (Wildman–Crippen LogP) is 6.75. The maximum atomic E-state index is 12.7. The van der Waals surface area contributed by atoms with Crippen LogP contribution in [0.5, 0.6) is 0 Å². The molecule has 2 aromatic heterocycles. The first kappa shape index (κ1) is 26.1. The molecule has 182 valence electrons. The van der Waals surface area contributed by atoms with Crippen molar-refractivity contribution in [2.24, 2.45) is 0 Å². The SMILES string of the molecule is C=CCn1c(CSCc2ccc(Cl)cc2Cl)nnc1SCC(=O)Nc1sc2c(c1C#N)CCCC2. The molecular weight excluding hydrogens is 541 g/mol. The molecule has 11 heteroatoms. The summed E-state index contributed by atoms with van der Waals surface area (Å²) in [7, 11) is 0. The summed E-state index contributed by atoms with van der Waals surface area (Å²) in [6.07, 6.45) is 5.90. The van der Waals surface area contributed by atoms with Crippen molar-refractivity contribution < 1.29 is 4.79 Å². The Morgan fingerprint density at radius 2 is 2.11 bits per heavy atom. The predicted molar refractivity (Wildman–Crippen MR) is 147 cm³/mol. The van der Waals surface area contributed by atoms with Gasteiger partial charge in [-0.1, -0.05) is 47.1 Å². The smallest absolute Gasteiger partial charge is 0.235 e. The molecule has 0 fully saturated rings. The monoisotopic (exact) mass is 563 g/mol. The van der Waals surface area contributed by atoms with Gasteiger partial charge in [-0.3, -0.25) is 4.79 Å². The second kappa shape index (κ2) is 12.3. The van der Waals surface area contributed by atoms with Gasteiger partial charge in [-0.2, -0.15) is 5.26 Å². The van der Waals surface area contributed by atoms with Gasteiger partial charge in [0.15, 0.2) is 5.16 Å². The molecule has 2 heterocycles. The molecule has 1 aromatic carbocycles. The number of hydrogen-bond acceptors (Lipinski definition) is 7. The maximum Gasteiger partial charge on any atom is 0.235 e. The Labute approximate surface area is 227 Å². The lowest BCUT2D eigenvalue weighted by atomic mass is 9.96. The van der Waals surface area contributed by atoms with Gasteiger partial charge in [0.25, 0.3) is 0 Å². The number of allylic oxidation sites excluding steroid dienone is 1. The molecule has 1 aliphatic rings. The number of nitrogens with one attached hydrogen (secondary N) is 1. The third-order valence-corrected chi connectivity index (χ3v) is 9.22. The number of amides is 1. The first-order chi connectivity index (χ1) is 17.0. The van der Waals surface area contributed by atoms with E-state index in [9.17, 15) is 10.1 Å². The number of benzene rings is 1. The van der Waals surface area contributed by atoms with Gasteiger partial charge in [0.05, 0.1) is 17.1 Å². The molecule has 35 heavy (non-hydrogen) atoms. The van der Waals surface area contributed by atoms with Crippen molar-refractivity contribution >= 4 is 69.0 Å². The Bertz CT molecular complexity index is 1280. The number of fused-ring (bicyclic) bond motifs is 1. The number of nitrogens with zero attached hydrogens (tertiary/aromatic N) is 4. The van der Waals surface area contributed by atoms with E-state index in [1.165, 1.54) is 28.0 Å². The molecule has 1 N–H and O–H groups in total. The molecule has 0 saturated heterocycles. The summed E-state index contributed by atoms with van der Waals surface area (Å²) in [5.74, 6) is 2.18. The number of aryl methyl sites for hydroxylation is 1. The number of halogens is 2. The van der Waals surface area contributed by atoms with E-state index in [0.717, 1.165) is 42.6 Å². The summed E-state index contributed by atoms with van der Waals surface area (Å²) in [6.45, 7) is 4.38. The van der Waals surface area contributed by atoms with Crippen molar-refractivity contribution in [3.8, 4) is 6.07 Å². The molecule has 0 radical (unpaired) electrons. The number of aromatic nitrogens is 3. The third-order valence-electron chi connectivity index (χ3n) is 5.48. The lowest BCUT2D eigenvalue weighted by Gasteiger charge is -2.09. The number of nitriles is 1. The number of carbonyl (C=O) groups excluding carboxylic acids is 1. The largest absolute Gasteiger partial charge is 0.316 e. The van der Waals surface area contributed by atoms with E-state index >= 15 is 0 Å². The fraction of sp³-hybridized carbons (Fsp3) is 0.333. The lowest BCUT2D eigenvalue weighted by molar-refractivity contribution is -0.113. The van der Waals surface area contributed by atoms with E-state index in [1.807, 2.05) is 16.7 Å². The first-order valence-corrected chi connectivity index (χ1v) is 14.7. The molecule has 1 aliphatic carbocycles. The van der Waals surface area contributed by atoms with Crippen molar-refractivity contribution in [1.82, 2.24) is 14.8 Å². The van der Waals surface area contributed by atoms with Crippen LogP contribution in [0.4, 0.5) is 5.00 Å². The number of anilines is 1. The van der Waals surface area contributed by atoms with Crippen LogP contribution >= 0.6 is 58.1 Å². The molecule has 0 unspecified atom stereocenters. The number of carbonyl (C=O) groups is 1. The van der Waals surface area contributed by atoms with E-state index in [1.54, 1.807) is 23.9 Å². The normalized spacial score (nSPS) is 12.7. The molecule has 6 nitrogen and oxygen atoms in total. The molecule has 0 atom stereocenters. The Balaban J connectivity index is 1.36. The molecule has 0 spiro atoms. The Morgan fingerprint density at radius 1 is 1.29 bits per heavy atom. The quantitative estimate of drug-likeness (QED) is 0.217. The van der Waals surface area contributed by atoms with Crippen molar-refractivity contribution in [3.63, 3.8) is 0 Å². The zero-order chi connectivity index (χ0) is 24.8. The molecular formula is C24H23Cl2N5OS3. The Kier molecular flexibility index (Phi) is 9.20. The molecule has 0 aliphatic heterocycles. The summed E-state index contributed by atoms with van der Waals surface area (Å²) in [5, 5.41) is 23.8. The highest BCUT2D eigenvalue weighted by Gasteiger charge is 2.22.